The van der Waals surface area contributed by atoms with Gasteiger partial charge in [-0.3, -0.25) is 9.59 Å². The summed E-state index contributed by atoms with van der Waals surface area (Å²) in [5.74, 6) is 3.55. The average Bonchev–Trinajstić information content (AvgIpc) is 3.49. The van der Waals surface area contributed by atoms with Gasteiger partial charge in [-0.25, -0.2) is 4.98 Å². The van der Waals surface area contributed by atoms with Crippen LogP contribution in [0.4, 0.5) is 0 Å². The molecule has 0 fully saturated rings. The minimum atomic E-state index is -0.170. The molecule has 0 spiro atoms. The van der Waals surface area contributed by atoms with Gasteiger partial charge < -0.3 is 18.9 Å². The van der Waals surface area contributed by atoms with Crippen LogP contribution in [0.5, 0.6) is 0 Å². The number of carbonyl (C=O) groups excluding carboxylic acids is 2. The Kier molecular flexibility index (Phi) is 25.9. The summed E-state index contributed by atoms with van der Waals surface area (Å²) in [5, 5.41) is 0. The number of hydrogen-bond donors (Lipinski definition) is 0. The second-order valence-electron chi connectivity index (χ2n) is 9.91. The second-order valence-corrected chi connectivity index (χ2v) is 12.4. The normalized spacial score (nSPS) is 11.7. The molecule has 0 radical (unpaired) electrons. The number of thioether (sulfide) groups is 2. The van der Waals surface area contributed by atoms with Gasteiger partial charge in [0.2, 0.25) is 0 Å². The van der Waals surface area contributed by atoms with Crippen molar-refractivity contribution in [2.75, 3.05) is 55.9 Å². The zero-order chi connectivity index (χ0) is 29.6. The smallest absolute Gasteiger partial charge is 0.307 e. The maximum absolute atomic E-state index is 12.3. The van der Waals surface area contributed by atoms with E-state index in [-0.39, 0.29) is 11.9 Å². The van der Waals surface area contributed by atoms with Gasteiger partial charge in [0, 0.05) is 43.5 Å². The van der Waals surface area contributed by atoms with Crippen molar-refractivity contribution in [2.45, 2.75) is 91.0 Å². The van der Waals surface area contributed by atoms with Crippen LogP contribution in [-0.4, -0.2) is 82.2 Å². The first kappa shape index (κ1) is 37.3. The van der Waals surface area contributed by atoms with Crippen LogP contribution in [0, 0.1) is 0 Å². The van der Waals surface area contributed by atoms with Gasteiger partial charge in [-0.05, 0) is 75.8 Å². The molecule has 234 valence electrons. The lowest BCUT2D eigenvalue weighted by Crippen LogP contribution is -2.31. The van der Waals surface area contributed by atoms with E-state index in [1.807, 2.05) is 40.6 Å². The van der Waals surface area contributed by atoms with Gasteiger partial charge in [0.1, 0.15) is 13.2 Å². The van der Waals surface area contributed by atoms with E-state index in [1.54, 1.807) is 6.20 Å². The van der Waals surface area contributed by atoms with E-state index in [2.05, 4.69) is 48.0 Å². The Balaban J connectivity index is 2.20. The molecule has 7 nitrogen and oxygen atoms in total. The highest BCUT2D eigenvalue weighted by Crippen LogP contribution is 2.09. The van der Waals surface area contributed by atoms with Crippen LogP contribution in [0.25, 0.3) is 0 Å². The molecule has 0 bridgehead atoms. The summed E-state index contributed by atoms with van der Waals surface area (Å²) in [6.45, 7) is 8.04. The molecule has 1 aromatic rings. The molecule has 0 unspecified atom stereocenters. The van der Waals surface area contributed by atoms with E-state index in [9.17, 15) is 9.59 Å². The monoisotopic (exact) mass is 609 g/mol. The van der Waals surface area contributed by atoms with Gasteiger partial charge in [-0.2, -0.15) is 23.5 Å². The summed E-state index contributed by atoms with van der Waals surface area (Å²) in [6.07, 6.45) is 25.4. The van der Waals surface area contributed by atoms with Crippen LogP contribution in [0.3, 0.4) is 0 Å². The van der Waals surface area contributed by atoms with Gasteiger partial charge >= 0.3 is 11.9 Å². The molecule has 0 atom stereocenters. The maximum Gasteiger partial charge on any atom is 0.307 e. The summed E-state index contributed by atoms with van der Waals surface area (Å²) in [7, 11) is 0. The lowest BCUT2D eigenvalue weighted by molar-refractivity contribution is -0.143. The van der Waals surface area contributed by atoms with E-state index >= 15 is 0 Å². The largest absolute Gasteiger partial charge is 0.465 e. The highest BCUT2D eigenvalue weighted by atomic mass is 32.2. The first-order chi connectivity index (χ1) is 20.2. The summed E-state index contributed by atoms with van der Waals surface area (Å²) >= 11 is 3.69. The topological polar surface area (TPSA) is 73.7 Å². The number of unbranched alkanes of at least 4 members (excludes halogenated alkanes) is 4. The van der Waals surface area contributed by atoms with Crippen molar-refractivity contribution in [3.05, 3.63) is 43.0 Å². The van der Waals surface area contributed by atoms with Crippen LogP contribution in [0.2, 0.25) is 0 Å². The summed E-state index contributed by atoms with van der Waals surface area (Å²) < 4.78 is 12.9. The highest BCUT2D eigenvalue weighted by molar-refractivity contribution is 7.99. The zero-order valence-corrected chi connectivity index (χ0v) is 27.3. The number of aryl methyl sites for hydroxylation is 1. The van der Waals surface area contributed by atoms with Crippen LogP contribution >= 0.6 is 23.5 Å². The molecule has 41 heavy (non-hydrogen) atoms. The lowest BCUT2D eigenvalue weighted by Gasteiger charge is -2.21. The Bertz CT molecular complexity index is 757. The number of hydrogen-bond acceptors (Lipinski definition) is 8. The Morgan fingerprint density at radius 3 is 1.80 bits per heavy atom. The summed E-state index contributed by atoms with van der Waals surface area (Å²) in [6, 6.07) is 0. The minimum absolute atomic E-state index is 0.170. The Morgan fingerprint density at radius 1 is 0.756 bits per heavy atom. The van der Waals surface area contributed by atoms with Crippen molar-refractivity contribution in [3.8, 4) is 0 Å². The molecule has 0 N–H and O–H groups in total. The number of carbonyl (C=O) groups is 2. The number of nitrogens with zero attached hydrogens (tertiary/aromatic N) is 3. The molecule has 0 saturated carbocycles. The Morgan fingerprint density at radius 2 is 1.32 bits per heavy atom. The summed E-state index contributed by atoms with van der Waals surface area (Å²) in [4.78, 5) is 30.9. The predicted molar refractivity (Wildman–Crippen MR) is 176 cm³/mol. The van der Waals surface area contributed by atoms with Crippen molar-refractivity contribution < 1.29 is 19.1 Å². The van der Waals surface area contributed by atoms with Crippen molar-refractivity contribution >= 4 is 35.5 Å². The fraction of sp³-hybridized carbons (Fsp3) is 0.719. The molecule has 0 amide bonds. The predicted octanol–water partition coefficient (Wildman–Crippen LogP) is 7.18. The second kappa shape index (κ2) is 28.4. The van der Waals surface area contributed by atoms with Gasteiger partial charge in [-0.15, -0.1) is 0 Å². The Hall–Kier alpha value is -1.71. The standard InChI is InChI=1S/C32H55N3O4S2/c1-3-5-7-9-11-13-26-40-28-24-38-31(36)16-21-34(19-15-20-35-23-18-33-30-35)22-17-32(37)39-25-29-41-27-14-12-10-8-6-4-2/h5-8,18,23,30H,3-4,9-17,19-22,24-29H2,1-2H3/b7-5-,8-6-. The molecular weight excluding hydrogens is 555 g/mol. The summed E-state index contributed by atoms with van der Waals surface area (Å²) in [5.41, 5.74) is 0. The van der Waals surface area contributed by atoms with Gasteiger partial charge in [0.05, 0.1) is 19.2 Å². The van der Waals surface area contributed by atoms with Gasteiger partial charge in [0.15, 0.2) is 0 Å². The molecule has 9 heteroatoms. The third kappa shape index (κ3) is 24.6. The molecule has 1 aromatic heterocycles. The van der Waals surface area contributed by atoms with Crippen LogP contribution in [-0.2, 0) is 25.6 Å². The number of ether oxygens (including phenoxy) is 2. The number of imidazole rings is 1. The molecule has 0 aliphatic carbocycles. The number of esters is 2. The average molecular weight is 610 g/mol. The number of allylic oxidation sites excluding steroid dienone is 4. The number of rotatable bonds is 28. The lowest BCUT2D eigenvalue weighted by atomic mass is 10.2. The third-order valence-corrected chi connectivity index (χ3v) is 8.38. The highest BCUT2D eigenvalue weighted by Gasteiger charge is 2.12. The van der Waals surface area contributed by atoms with Crippen molar-refractivity contribution in [2.24, 2.45) is 0 Å². The van der Waals surface area contributed by atoms with Crippen LogP contribution in [0.1, 0.15) is 84.5 Å². The van der Waals surface area contributed by atoms with Crippen molar-refractivity contribution in [3.63, 3.8) is 0 Å². The van der Waals surface area contributed by atoms with E-state index in [0.29, 0.717) is 39.1 Å². The quantitative estimate of drug-likeness (QED) is 0.0562. The fourth-order valence-electron chi connectivity index (χ4n) is 4.01. The SMILES string of the molecule is CC/C=C\CCCCSCCOC(=O)CCN(CCCn1ccnc1)CCC(=O)OCCSCCCC/C=C\CC. The van der Waals surface area contributed by atoms with E-state index in [0.717, 1.165) is 68.2 Å². The first-order valence-corrected chi connectivity index (χ1v) is 17.9. The molecule has 0 aliphatic rings. The third-order valence-electron chi connectivity index (χ3n) is 6.32. The van der Waals surface area contributed by atoms with Gasteiger partial charge in [0.25, 0.3) is 0 Å². The van der Waals surface area contributed by atoms with Crippen LogP contribution < -0.4 is 0 Å². The zero-order valence-electron chi connectivity index (χ0n) is 25.7. The molecular formula is C32H55N3O4S2. The molecule has 1 rings (SSSR count). The molecule has 0 saturated heterocycles. The van der Waals surface area contributed by atoms with E-state index in [1.165, 1.54) is 25.7 Å². The van der Waals surface area contributed by atoms with Crippen molar-refractivity contribution in [1.29, 1.82) is 0 Å². The number of aromatic nitrogens is 2. The maximum atomic E-state index is 12.3. The first-order valence-electron chi connectivity index (χ1n) is 15.6. The molecule has 0 aromatic carbocycles. The molecule has 0 aliphatic heterocycles. The fourth-order valence-corrected chi connectivity index (χ4v) is 5.64. The van der Waals surface area contributed by atoms with E-state index < -0.39 is 0 Å². The van der Waals surface area contributed by atoms with E-state index in [4.69, 9.17) is 9.47 Å². The van der Waals surface area contributed by atoms with Crippen molar-refractivity contribution in [1.82, 2.24) is 14.5 Å². The van der Waals surface area contributed by atoms with Gasteiger partial charge in [-0.1, -0.05) is 38.2 Å². The molecule has 1 heterocycles. The van der Waals surface area contributed by atoms with Crippen LogP contribution in [0.15, 0.2) is 43.0 Å². The minimum Gasteiger partial charge on any atom is -0.465 e. The Labute approximate surface area is 258 Å².